The molecule has 1 radical (unpaired) electrons. The first-order valence-electron chi connectivity index (χ1n) is 7.70. The van der Waals surface area contributed by atoms with Crippen molar-refractivity contribution in [2.24, 2.45) is 0 Å². The summed E-state index contributed by atoms with van der Waals surface area (Å²) in [5, 5.41) is 7.05. The number of rotatable bonds is 5. The highest BCUT2D eigenvalue weighted by molar-refractivity contribution is 5.66. The van der Waals surface area contributed by atoms with Crippen LogP contribution in [-0.2, 0) is 0 Å². The zero-order valence-electron chi connectivity index (χ0n) is 12.6. The fourth-order valence-electron chi connectivity index (χ4n) is 2.82. The normalized spacial score (nSPS) is 16.0. The van der Waals surface area contributed by atoms with Crippen LogP contribution in [0.4, 0.5) is 0 Å². The molecular weight excluding hydrogens is 262 g/mol. The number of H-pyrrole nitrogens is 1. The molecule has 2 heterocycles. The van der Waals surface area contributed by atoms with E-state index in [-0.39, 0.29) is 0 Å². The first-order chi connectivity index (χ1) is 10.3. The molecule has 1 aromatic heterocycles. The van der Waals surface area contributed by atoms with Gasteiger partial charge in [-0.1, -0.05) is 6.42 Å². The monoisotopic (exact) mass is 284 g/mol. The lowest BCUT2D eigenvalue weighted by Gasteiger charge is -2.26. The number of ether oxygens (including phenoxy) is 1. The minimum Gasteiger partial charge on any atom is -0.492 e. The van der Waals surface area contributed by atoms with E-state index >= 15 is 0 Å². The Balaban J connectivity index is 1.57. The molecule has 4 heteroatoms. The lowest BCUT2D eigenvalue weighted by atomic mass is 10.1. The number of piperidine rings is 1. The van der Waals surface area contributed by atoms with Crippen molar-refractivity contribution in [1.29, 1.82) is 0 Å². The van der Waals surface area contributed by atoms with E-state index in [0.717, 1.165) is 35.7 Å². The Morgan fingerprint density at radius 1 is 1.29 bits per heavy atom. The SMILES string of the molecule is Cc1n[nH]cc1-c1c[c]cc(OCCN2CCCCC2)c1. The van der Waals surface area contributed by atoms with E-state index < -0.39 is 0 Å². The summed E-state index contributed by atoms with van der Waals surface area (Å²) in [6, 6.07) is 9.08. The largest absolute Gasteiger partial charge is 0.492 e. The average molecular weight is 284 g/mol. The molecule has 4 nitrogen and oxygen atoms in total. The maximum Gasteiger partial charge on any atom is 0.120 e. The van der Waals surface area contributed by atoms with Crippen LogP contribution < -0.4 is 4.74 Å². The smallest absolute Gasteiger partial charge is 0.120 e. The molecule has 1 saturated heterocycles. The third kappa shape index (κ3) is 3.64. The summed E-state index contributed by atoms with van der Waals surface area (Å²) < 4.78 is 5.88. The molecule has 0 unspecified atom stereocenters. The molecule has 0 bridgehead atoms. The summed E-state index contributed by atoms with van der Waals surface area (Å²) in [5.74, 6) is 0.880. The summed E-state index contributed by atoms with van der Waals surface area (Å²) in [5.41, 5.74) is 3.19. The van der Waals surface area contributed by atoms with E-state index in [1.54, 1.807) is 0 Å². The van der Waals surface area contributed by atoms with E-state index in [0.29, 0.717) is 0 Å². The third-order valence-corrected chi connectivity index (χ3v) is 4.03. The summed E-state index contributed by atoms with van der Waals surface area (Å²) in [6.07, 6.45) is 5.93. The van der Waals surface area contributed by atoms with Crippen molar-refractivity contribution >= 4 is 0 Å². The van der Waals surface area contributed by atoms with Crippen LogP contribution in [0.2, 0.25) is 0 Å². The van der Waals surface area contributed by atoms with Crippen molar-refractivity contribution in [2.75, 3.05) is 26.2 Å². The van der Waals surface area contributed by atoms with Gasteiger partial charge in [0, 0.05) is 18.3 Å². The van der Waals surface area contributed by atoms with Gasteiger partial charge in [-0.05, 0) is 62.7 Å². The van der Waals surface area contributed by atoms with Crippen molar-refractivity contribution in [3.63, 3.8) is 0 Å². The minimum atomic E-state index is 0.738. The molecule has 1 aliphatic heterocycles. The molecule has 1 aliphatic rings. The third-order valence-electron chi connectivity index (χ3n) is 4.03. The number of likely N-dealkylation sites (tertiary alicyclic amines) is 1. The van der Waals surface area contributed by atoms with E-state index in [4.69, 9.17) is 4.74 Å². The lowest BCUT2D eigenvalue weighted by molar-refractivity contribution is 0.183. The quantitative estimate of drug-likeness (QED) is 0.917. The first-order valence-corrected chi connectivity index (χ1v) is 7.70. The maximum absolute atomic E-state index is 5.88. The topological polar surface area (TPSA) is 41.1 Å². The Morgan fingerprint density at radius 2 is 2.14 bits per heavy atom. The number of nitrogens with one attached hydrogen (secondary N) is 1. The van der Waals surface area contributed by atoms with Crippen molar-refractivity contribution in [3.05, 3.63) is 36.2 Å². The van der Waals surface area contributed by atoms with Gasteiger partial charge >= 0.3 is 0 Å². The Labute approximate surface area is 126 Å². The standard InChI is InChI=1S/C17H22N3O/c1-14-17(13-18-19-14)15-6-5-7-16(12-15)21-11-10-20-8-3-2-4-9-20/h6-7,12-13H,2-4,8-11H2,1H3,(H,18,19). The van der Waals surface area contributed by atoms with Crippen LogP contribution in [0.15, 0.2) is 24.4 Å². The Bertz CT molecular complexity index is 573. The molecule has 0 spiro atoms. The van der Waals surface area contributed by atoms with E-state index in [1.165, 1.54) is 32.4 Å². The van der Waals surface area contributed by atoms with Gasteiger partial charge in [0.05, 0.1) is 5.69 Å². The second-order valence-electron chi connectivity index (χ2n) is 5.59. The number of hydrogen-bond donors (Lipinski definition) is 1. The maximum atomic E-state index is 5.88. The van der Waals surface area contributed by atoms with Gasteiger partial charge in [-0.2, -0.15) is 5.10 Å². The molecule has 111 valence electrons. The highest BCUT2D eigenvalue weighted by Gasteiger charge is 2.10. The second kappa shape index (κ2) is 6.76. The number of benzene rings is 1. The summed E-state index contributed by atoms with van der Waals surface area (Å²) in [6.45, 7) is 6.17. The Morgan fingerprint density at radius 3 is 2.90 bits per heavy atom. The highest BCUT2D eigenvalue weighted by atomic mass is 16.5. The molecule has 1 aromatic carbocycles. The Kier molecular flexibility index (Phi) is 4.55. The zero-order chi connectivity index (χ0) is 14.5. The Hall–Kier alpha value is -1.81. The van der Waals surface area contributed by atoms with Crippen LogP contribution in [0.1, 0.15) is 25.0 Å². The van der Waals surface area contributed by atoms with E-state index in [2.05, 4.69) is 27.2 Å². The molecule has 1 N–H and O–H groups in total. The highest BCUT2D eigenvalue weighted by Crippen LogP contribution is 2.25. The van der Waals surface area contributed by atoms with E-state index in [9.17, 15) is 0 Å². The van der Waals surface area contributed by atoms with Crippen LogP contribution in [0.25, 0.3) is 11.1 Å². The van der Waals surface area contributed by atoms with Gasteiger partial charge in [0.1, 0.15) is 12.4 Å². The zero-order valence-corrected chi connectivity index (χ0v) is 12.6. The molecule has 0 aliphatic carbocycles. The summed E-state index contributed by atoms with van der Waals surface area (Å²) in [4.78, 5) is 2.48. The number of aromatic amines is 1. The number of aryl methyl sites for hydroxylation is 1. The molecule has 3 rings (SSSR count). The van der Waals surface area contributed by atoms with Crippen LogP contribution in [0.3, 0.4) is 0 Å². The summed E-state index contributed by atoms with van der Waals surface area (Å²) in [7, 11) is 0. The molecule has 1 fully saturated rings. The van der Waals surface area contributed by atoms with E-state index in [1.807, 2.05) is 25.3 Å². The molecule has 0 atom stereocenters. The van der Waals surface area contributed by atoms with Crippen LogP contribution >= 0.6 is 0 Å². The van der Waals surface area contributed by atoms with Gasteiger partial charge < -0.3 is 4.74 Å². The van der Waals surface area contributed by atoms with Gasteiger partial charge in [0.2, 0.25) is 0 Å². The first kappa shape index (κ1) is 14.1. The van der Waals surface area contributed by atoms with Crippen molar-refractivity contribution < 1.29 is 4.74 Å². The average Bonchev–Trinajstić information content (AvgIpc) is 2.95. The fourth-order valence-corrected chi connectivity index (χ4v) is 2.82. The van der Waals surface area contributed by atoms with Crippen molar-refractivity contribution in [1.82, 2.24) is 15.1 Å². The number of aromatic nitrogens is 2. The molecule has 0 amide bonds. The second-order valence-corrected chi connectivity index (χ2v) is 5.59. The van der Waals surface area contributed by atoms with Crippen LogP contribution in [-0.4, -0.2) is 41.3 Å². The predicted octanol–water partition coefficient (Wildman–Crippen LogP) is 3.05. The number of nitrogens with zero attached hydrogens (tertiary/aromatic N) is 2. The van der Waals surface area contributed by atoms with Gasteiger partial charge in [-0.25, -0.2) is 0 Å². The van der Waals surface area contributed by atoms with Crippen LogP contribution in [0, 0.1) is 13.0 Å². The number of hydrogen-bond acceptors (Lipinski definition) is 3. The molecular formula is C17H22N3O. The molecule has 21 heavy (non-hydrogen) atoms. The van der Waals surface area contributed by atoms with Gasteiger partial charge in [-0.15, -0.1) is 0 Å². The van der Waals surface area contributed by atoms with Crippen LogP contribution in [0.5, 0.6) is 5.75 Å². The van der Waals surface area contributed by atoms with Crippen molar-refractivity contribution in [2.45, 2.75) is 26.2 Å². The fraction of sp³-hybridized carbons (Fsp3) is 0.471. The molecule has 0 saturated carbocycles. The lowest BCUT2D eigenvalue weighted by Crippen LogP contribution is -2.33. The summed E-state index contributed by atoms with van der Waals surface area (Å²) >= 11 is 0. The molecule has 2 aromatic rings. The predicted molar refractivity (Wildman–Crippen MR) is 83.4 cm³/mol. The van der Waals surface area contributed by atoms with Gasteiger partial charge in [0.25, 0.3) is 0 Å². The minimum absolute atomic E-state index is 0.738. The van der Waals surface area contributed by atoms with Gasteiger partial charge in [-0.3, -0.25) is 10.00 Å². The van der Waals surface area contributed by atoms with Gasteiger partial charge in [0.15, 0.2) is 0 Å². The van der Waals surface area contributed by atoms with Crippen molar-refractivity contribution in [3.8, 4) is 16.9 Å².